The summed E-state index contributed by atoms with van der Waals surface area (Å²) in [5, 5.41) is 0.479. The number of rotatable bonds is 5. The van der Waals surface area contributed by atoms with E-state index in [4.69, 9.17) is 14.5 Å². The minimum absolute atomic E-state index is 0.0107. The number of nitrogens with one attached hydrogen (secondary N) is 1. The number of anilines is 1. The molecule has 1 aromatic heterocycles. The van der Waals surface area contributed by atoms with Crippen molar-refractivity contribution in [3.05, 3.63) is 64.4 Å². The van der Waals surface area contributed by atoms with Crippen LogP contribution in [-0.4, -0.2) is 40.1 Å². The molecule has 0 radical (unpaired) electrons. The molecule has 9 nitrogen and oxygen atoms in total. The molecule has 3 aromatic rings. The number of nitrogens with zero attached hydrogens (tertiary/aromatic N) is 1. The second-order valence-corrected chi connectivity index (χ2v) is 8.47. The monoisotopic (exact) mass is 484 g/mol. The number of carbonyl (C=O) groups is 1. The van der Waals surface area contributed by atoms with Gasteiger partial charge in [0.25, 0.3) is 5.56 Å². The number of carbonyl (C=O) groups excluding carboxylic acids is 1. The number of phosphoric ester groups is 1. The summed E-state index contributed by atoms with van der Waals surface area (Å²) in [4.78, 5) is 46.0. The number of aromatic amines is 1. The van der Waals surface area contributed by atoms with E-state index in [9.17, 15) is 27.3 Å². The lowest BCUT2D eigenvalue weighted by Gasteiger charge is -2.15. The van der Waals surface area contributed by atoms with Gasteiger partial charge in [0.1, 0.15) is 6.10 Å². The van der Waals surface area contributed by atoms with Gasteiger partial charge < -0.3 is 19.5 Å². The second-order valence-electron chi connectivity index (χ2n) is 7.23. The number of ether oxygens (including phenoxy) is 1. The summed E-state index contributed by atoms with van der Waals surface area (Å²) in [6.45, 7) is -0.609. The molecule has 3 N–H and O–H groups in total. The number of phosphoric acid groups is 1. The van der Waals surface area contributed by atoms with E-state index in [0.717, 1.165) is 11.0 Å². The number of hydrogen-bond acceptors (Lipinski definition) is 5. The smallest absolute Gasteiger partial charge is 0.441 e. The highest BCUT2D eigenvalue weighted by atomic mass is 31.2. The fourth-order valence-electron chi connectivity index (χ4n) is 3.53. The van der Waals surface area contributed by atoms with E-state index < -0.39 is 43.9 Å². The molecule has 1 atom stereocenters. The molecule has 0 spiro atoms. The Labute approximate surface area is 183 Å². The predicted octanol–water partition coefficient (Wildman–Crippen LogP) is 3.65. The van der Waals surface area contributed by atoms with E-state index >= 15 is 0 Å². The molecule has 2 heterocycles. The first-order valence-electron chi connectivity index (χ1n) is 9.44. The molecule has 33 heavy (non-hydrogen) atoms. The Bertz CT molecular complexity index is 1340. The van der Waals surface area contributed by atoms with Crippen LogP contribution in [0.25, 0.3) is 22.0 Å². The van der Waals surface area contributed by atoms with Gasteiger partial charge >= 0.3 is 20.1 Å². The number of fused-ring (bicyclic) bond motifs is 1. The molecule has 1 aliphatic heterocycles. The lowest BCUT2D eigenvalue weighted by Crippen LogP contribution is -2.26. The molecule has 0 saturated carbocycles. The van der Waals surface area contributed by atoms with Crippen molar-refractivity contribution in [3.63, 3.8) is 0 Å². The van der Waals surface area contributed by atoms with Gasteiger partial charge in [-0.1, -0.05) is 24.3 Å². The standard InChI is InChI=1S/C20H16F3N2O7P/c21-20(22,23)16-4-2-1-3-14(16)17-7-11-5-6-12(8-15(11)18(26)24-17)25-9-13(32-19(25)27)10-31-33(28,29)30/h1-8,13H,9-10H2,(H,24,26)(H2,28,29,30). The van der Waals surface area contributed by atoms with Crippen molar-refractivity contribution in [3.8, 4) is 11.3 Å². The SMILES string of the molecule is O=C1OC(COP(=O)(O)O)CN1c1ccc2cc(-c3ccccc3C(F)(F)F)[nH]c(=O)c2c1. The highest BCUT2D eigenvalue weighted by Gasteiger charge is 2.35. The zero-order valence-corrected chi connectivity index (χ0v) is 17.5. The molecule has 13 heteroatoms. The molecule has 1 saturated heterocycles. The van der Waals surface area contributed by atoms with E-state index in [1.165, 1.54) is 42.5 Å². The number of hydrogen-bond donors (Lipinski definition) is 3. The number of cyclic esters (lactones) is 1. The Kier molecular flexibility index (Phi) is 5.79. The molecular formula is C20H16F3N2O7P. The van der Waals surface area contributed by atoms with E-state index in [-0.39, 0.29) is 28.9 Å². The topological polar surface area (TPSA) is 129 Å². The van der Waals surface area contributed by atoms with Crippen molar-refractivity contribution in [1.29, 1.82) is 0 Å². The first-order valence-corrected chi connectivity index (χ1v) is 11.0. The van der Waals surface area contributed by atoms with Crippen LogP contribution in [0.3, 0.4) is 0 Å². The number of alkyl halides is 3. The van der Waals surface area contributed by atoms with Gasteiger partial charge in [0.05, 0.1) is 18.7 Å². The van der Waals surface area contributed by atoms with Gasteiger partial charge in [0.2, 0.25) is 0 Å². The van der Waals surface area contributed by atoms with Crippen LogP contribution < -0.4 is 10.5 Å². The van der Waals surface area contributed by atoms with Crippen LogP contribution >= 0.6 is 7.82 Å². The van der Waals surface area contributed by atoms with Gasteiger partial charge in [0, 0.05) is 22.3 Å². The maximum atomic E-state index is 13.4. The average Bonchev–Trinajstić information content (AvgIpc) is 3.11. The Morgan fingerprint density at radius 3 is 2.58 bits per heavy atom. The molecule has 1 aliphatic rings. The molecular weight excluding hydrogens is 468 g/mol. The van der Waals surface area contributed by atoms with Crippen LogP contribution in [-0.2, 0) is 20.0 Å². The number of benzene rings is 2. The van der Waals surface area contributed by atoms with Gasteiger partial charge in [-0.3, -0.25) is 14.2 Å². The van der Waals surface area contributed by atoms with Gasteiger partial charge in [0.15, 0.2) is 0 Å². The molecule has 1 amide bonds. The summed E-state index contributed by atoms with van der Waals surface area (Å²) in [6.07, 6.45) is -6.36. The third-order valence-corrected chi connectivity index (χ3v) is 5.45. The third kappa shape index (κ3) is 4.93. The second kappa shape index (κ2) is 8.31. The highest BCUT2D eigenvalue weighted by Crippen LogP contribution is 2.38. The fourth-order valence-corrected chi connectivity index (χ4v) is 3.89. The Morgan fingerprint density at radius 2 is 1.88 bits per heavy atom. The van der Waals surface area contributed by atoms with Gasteiger partial charge in [-0.05, 0) is 29.7 Å². The van der Waals surface area contributed by atoms with E-state index in [0.29, 0.717) is 5.39 Å². The fraction of sp³-hybridized carbons (Fsp3) is 0.200. The lowest BCUT2D eigenvalue weighted by atomic mass is 10.0. The number of pyridine rings is 1. The number of H-pyrrole nitrogens is 1. The van der Waals surface area contributed by atoms with Crippen LogP contribution in [0.1, 0.15) is 5.56 Å². The first kappa shape index (κ1) is 23.0. The minimum Gasteiger partial charge on any atom is -0.441 e. The molecule has 4 rings (SSSR count). The minimum atomic E-state index is -4.74. The van der Waals surface area contributed by atoms with Crippen LogP contribution in [0.2, 0.25) is 0 Å². The maximum Gasteiger partial charge on any atom is 0.469 e. The van der Waals surface area contributed by atoms with Crippen molar-refractivity contribution < 1.29 is 41.6 Å². The van der Waals surface area contributed by atoms with Crippen LogP contribution in [0.15, 0.2) is 53.3 Å². The van der Waals surface area contributed by atoms with Gasteiger partial charge in [-0.25, -0.2) is 9.36 Å². The lowest BCUT2D eigenvalue weighted by molar-refractivity contribution is -0.137. The van der Waals surface area contributed by atoms with Crippen molar-refractivity contribution in [1.82, 2.24) is 4.98 Å². The van der Waals surface area contributed by atoms with Crippen molar-refractivity contribution in [2.45, 2.75) is 12.3 Å². The normalized spacial score (nSPS) is 16.9. The highest BCUT2D eigenvalue weighted by molar-refractivity contribution is 7.46. The maximum absolute atomic E-state index is 13.4. The van der Waals surface area contributed by atoms with Crippen LogP contribution in [0.4, 0.5) is 23.7 Å². The van der Waals surface area contributed by atoms with E-state index in [1.807, 2.05) is 0 Å². The molecule has 0 aliphatic carbocycles. The summed E-state index contributed by atoms with van der Waals surface area (Å²) in [5.74, 6) is 0. The van der Waals surface area contributed by atoms with Crippen molar-refractivity contribution in [2.75, 3.05) is 18.1 Å². The Morgan fingerprint density at radius 1 is 1.15 bits per heavy atom. The predicted molar refractivity (Wildman–Crippen MR) is 111 cm³/mol. The number of halogens is 3. The van der Waals surface area contributed by atoms with E-state index in [2.05, 4.69) is 9.51 Å². The van der Waals surface area contributed by atoms with Crippen LogP contribution in [0.5, 0.6) is 0 Å². The largest absolute Gasteiger partial charge is 0.469 e. The van der Waals surface area contributed by atoms with Gasteiger partial charge in [-0.15, -0.1) is 0 Å². The zero-order chi connectivity index (χ0) is 24.0. The Balaban J connectivity index is 1.66. The van der Waals surface area contributed by atoms with Crippen LogP contribution in [0, 0.1) is 0 Å². The average molecular weight is 484 g/mol. The number of amides is 1. The summed E-state index contributed by atoms with van der Waals surface area (Å²) in [5.41, 5.74) is -1.47. The summed E-state index contributed by atoms with van der Waals surface area (Å²) < 4.78 is 60.3. The quantitative estimate of drug-likeness (QED) is 0.472. The summed E-state index contributed by atoms with van der Waals surface area (Å²) in [6, 6.07) is 10.6. The molecule has 1 fully saturated rings. The zero-order valence-electron chi connectivity index (χ0n) is 16.6. The molecule has 1 unspecified atom stereocenters. The van der Waals surface area contributed by atoms with Crippen molar-refractivity contribution >= 4 is 30.4 Å². The molecule has 174 valence electrons. The third-order valence-electron chi connectivity index (χ3n) is 4.97. The van der Waals surface area contributed by atoms with Gasteiger partial charge in [-0.2, -0.15) is 13.2 Å². The first-order chi connectivity index (χ1) is 15.4. The summed E-state index contributed by atoms with van der Waals surface area (Å²) >= 11 is 0. The number of aromatic nitrogens is 1. The summed E-state index contributed by atoms with van der Waals surface area (Å²) in [7, 11) is -4.74. The van der Waals surface area contributed by atoms with Crippen molar-refractivity contribution in [2.24, 2.45) is 0 Å². The molecule has 2 aromatic carbocycles. The Hall–Kier alpha value is -3.18. The van der Waals surface area contributed by atoms with E-state index in [1.54, 1.807) is 0 Å². The molecule has 0 bridgehead atoms.